The molecule has 176 valence electrons. The van der Waals surface area contributed by atoms with E-state index in [4.69, 9.17) is 0 Å². The number of carbonyl (C=O) groups excluding carboxylic acids is 2. The molecular formula is C25H31FN4O2S. The monoisotopic (exact) mass is 470 g/mol. The Morgan fingerprint density at radius 2 is 1.91 bits per heavy atom. The van der Waals surface area contributed by atoms with E-state index in [1.807, 2.05) is 24.3 Å². The summed E-state index contributed by atoms with van der Waals surface area (Å²) in [4.78, 5) is 27.4. The summed E-state index contributed by atoms with van der Waals surface area (Å²) in [6, 6.07) is 14.5. The van der Waals surface area contributed by atoms with E-state index in [1.165, 1.54) is 29.5 Å². The summed E-state index contributed by atoms with van der Waals surface area (Å²) in [6.07, 6.45) is 0.852. The van der Waals surface area contributed by atoms with Crippen LogP contribution in [0.5, 0.6) is 0 Å². The van der Waals surface area contributed by atoms with Crippen molar-refractivity contribution in [1.82, 2.24) is 15.5 Å². The van der Waals surface area contributed by atoms with Crippen LogP contribution in [0.3, 0.4) is 0 Å². The number of thioether (sulfide) groups is 1. The molecule has 3 atom stereocenters. The number of amides is 2. The molecule has 3 N–H and O–H groups in total. The van der Waals surface area contributed by atoms with E-state index in [1.54, 1.807) is 12.1 Å². The molecule has 8 heteroatoms. The van der Waals surface area contributed by atoms with Crippen molar-refractivity contribution in [2.75, 3.05) is 24.2 Å². The highest BCUT2D eigenvalue weighted by Crippen LogP contribution is 2.25. The maximum absolute atomic E-state index is 13.1. The van der Waals surface area contributed by atoms with E-state index >= 15 is 0 Å². The van der Waals surface area contributed by atoms with Crippen LogP contribution >= 0.6 is 11.8 Å². The molecule has 0 radical (unpaired) electrons. The number of fused-ring (bicyclic) bond motifs is 1. The molecule has 6 nitrogen and oxygen atoms in total. The SMILES string of the molecule is CC(C)c1ccc(NC(=O)CSC2NC(=O)C3CN(Cc4ccc(F)cc4)CCC3N2)cc1. The zero-order chi connectivity index (χ0) is 23.4. The fraction of sp³-hybridized carbons (Fsp3) is 0.440. The molecule has 2 aromatic rings. The summed E-state index contributed by atoms with van der Waals surface area (Å²) in [6.45, 7) is 6.49. The van der Waals surface area contributed by atoms with Crippen LogP contribution in [0.25, 0.3) is 0 Å². The topological polar surface area (TPSA) is 73.5 Å². The minimum Gasteiger partial charge on any atom is -0.331 e. The molecule has 2 aliphatic rings. The zero-order valence-electron chi connectivity index (χ0n) is 19.0. The molecule has 0 aliphatic carbocycles. The lowest BCUT2D eigenvalue weighted by molar-refractivity contribution is -0.130. The molecule has 2 aliphatic heterocycles. The number of halogens is 1. The summed E-state index contributed by atoms with van der Waals surface area (Å²) >= 11 is 1.39. The number of piperidine rings is 1. The van der Waals surface area contributed by atoms with Crippen LogP contribution in [0.4, 0.5) is 10.1 Å². The van der Waals surface area contributed by atoms with Gasteiger partial charge in [0, 0.05) is 31.4 Å². The predicted molar refractivity (Wildman–Crippen MR) is 130 cm³/mol. The van der Waals surface area contributed by atoms with Gasteiger partial charge in [0.25, 0.3) is 0 Å². The van der Waals surface area contributed by atoms with E-state index in [0.717, 1.165) is 24.2 Å². The zero-order valence-corrected chi connectivity index (χ0v) is 19.8. The molecule has 33 heavy (non-hydrogen) atoms. The molecule has 0 bridgehead atoms. The molecular weight excluding hydrogens is 439 g/mol. The van der Waals surface area contributed by atoms with Crippen LogP contribution in [-0.4, -0.2) is 47.1 Å². The van der Waals surface area contributed by atoms with Gasteiger partial charge in [0.1, 0.15) is 11.3 Å². The maximum Gasteiger partial charge on any atom is 0.234 e. The van der Waals surface area contributed by atoms with Gasteiger partial charge in [-0.05, 0) is 47.7 Å². The van der Waals surface area contributed by atoms with Gasteiger partial charge in [0.2, 0.25) is 11.8 Å². The number of anilines is 1. The van der Waals surface area contributed by atoms with Gasteiger partial charge < -0.3 is 10.6 Å². The van der Waals surface area contributed by atoms with Crippen LogP contribution in [0.2, 0.25) is 0 Å². The Balaban J connectivity index is 1.23. The van der Waals surface area contributed by atoms with Gasteiger partial charge in [-0.1, -0.05) is 38.1 Å². The third-order valence-electron chi connectivity index (χ3n) is 6.23. The molecule has 0 aromatic heterocycles. The summed E-state index contributed by atoms with van der Waals surface area (Å²) in [5.41, 5.74) is 2.77. The first-order valence-electron chi connectivity index (χ1n) is 11.4. The minimum atomic E-state index is -0.281. The summed E-state index contributed by atoms with van der Waals surface area (Å²) < 4.78 is 13.1. The normalized spacial score (nSPS) is 23.2. The Hall–Kier alpha value is -2.42. The van der Waals surface area contributed by atoms with Crippen LogP contribution in [-0.2, 0) is 16.1 Å². The number of hydrogen-bond donors (Lipinski definition) is 3. The second-order valence-electron chi connectivity index (χ2n) is 9.05. The van der Waals surface area contributed by atoms with Gasteiger partial charge in [-0.15, -0.1) is 11.8 Å². The first kappa shape index (κ1) is 23.7. The Kier molecular flexibility index (Phi) is 7.67. The van der Waals surface area contributed by atoms with Crippen molar-refractivity contribution in [2.24, 2.45) is 5.92 Å². The van der Waals surface area contributed by atoms with E-state index in [-0.39, 0.29) is 40.8 Å². The number of hydrogen-bond acceptors (Lipinski definition) is 5. The van der Waals surface area contributed by atoms with Crippen molar-refractivity contribution in [1.29, 1.82) is 0 Å². The second-order valence-corrected chi connectivity index (χ2v) is 10.1. The standard InChI is InChI=1S/C25H31FN4O2S/c1-16(2)18-5-9-20(10-6-18)27-23(31)15-33-25-28-22-11-12-30(14-21(22)24(32)29-25)13-17-3-7-19(26)8-4-17/h3-10,16,21-22,25,28H,11-15H2,1-2H3,(H,27,31)(H,29,32). The number of carbonyl (C=O) groups is 2. The van der Waals surface area contributed by atoms with Gasteiger partial charge in [0.05, 0.1) is 11.7 Å². The van der Waals surface area contributed by atoms with Crippen molar-refractivity contribution < 1.29 is 14.0 Å². The Labute approximate surface area is 198 Å². The highest BCUT2D eigenvalue weighted by molar-refractivity contribution is 8.00. The summed E-state index contributed by atoms with van der Waals surface area (Å²) in [5.74, 6) is 0.246. The van der Waals surface area contributed by atoms with Gasteiger partial charge >= 0.3 is 0 Å². The average Bonchev–Trinajstić information content (AvgIpc) is 2.80. The molecule has 2 aromatic carbocycles. The van der Waals surface area contributed by atoms with Crippen LogP contribution in [0.15, 0.2) is 48.5 Å². The van der Waals surface area contributed by atoms with E-state index < -0.39 is 0 Å². The third kappa shape index (κ3) is 6.34. The maximum atomic E-state index is 13.1. The molecule has 3 unspecified atom stereocenters. The number of nitrogens with zero attached hydrogens (tertiary/aromatic N) is 1. The van der Waals surface area contributed by atoms with Gasteiger partial charge in [-0.25, -0.2) is 4.39 Å². The summed E-state index contributed by atoms with van der Waals surface area (Å²) in [5, 5.41) is 9.41. The van der Waals surface area contributed by atoms with Crippen LogP contribution in [0.1, 0.15) is 37.3 Å². The van der Waals surface area contributed by atoms with Gasteiger partial charge in [-0.3, -0.25) is 19.8 Å². The minimum absolute atomic E-state index is 0.0183. The number of nitrogens with one attached hydrogen (secondary N) is 3. The van der Waals surface area contributed by atoms with E-state index in [2.05, 4.69) is 34.7 Å². The molecule has 0 spiro atoms. The molecule has 0 saturated carbocycles. The van der Waals surface area contributed by atoms with Crippen molar-refractivity contribution in [2.45, 2.75) is 44.3 Å². The quantitative estimate of drug-likeness (QED) is 0.578. The van der Waals surface area contributed by atoms with E-state index in [9.17, 15) is 14.0 Å². The van der Waals surface area contributed by atoms with Crippen molar-refractivity contribution in [3.8, 4) is 0 Å². The van der Waals surface area contributed by atoms with Gasteiger partial charge in [0.15, 0.2) is 0 Å². The Bertz CT molecular complexity index is 967. The fourth-order valence-electron chi connectivity index (χ4n) is 4.35. The molecule has 2 saturated heterocycles. The van der Waals surface area contributed by atoms with Crippen LogP contribution in [0, 0.1) is 11.7 Å². The Morgan fingerprint density at radius 1 is 1.18 bits per heavy atom. The lowest BCUT2D eigenvalue weighted by Gasteiger charge is -2.43. The van der Waals surface area contributed by atoms with Gasteiger partial charge in [-0.2, -0.15) is 0 Å². The first-order valence-corrected chi connectivity index (χ1v) is 12.5. The highest BCUT2D eigenvalue weighted by atomic mass is 32.2. The average molecular weight is 471 g/mol. The second kappa shape index (κ2) is 10.7. The predicted octanol–water partition coefficient (Wildman–Crippen LogP) is 3.51. The fourth-order valence-corrected chi connectivity index (χ4v) is 5.21. The molecule has 2 fully saturated rings. The van der Waals surface area contributed by atoms with Crippen molar-refractivity contribution >= 4 is 29.3 Å². The lowest BCUT2D eigenvalue weighted by Crippen LogP contribution is -2.64. The lowest BCUT2D eigenvalue weighted by atomic mass is 9.89. The number of rotatable bonds is 7. The van der Waals surface area contributed by atoms with Crippen molar-refractivity contribution in [3.05, 3.63) is 65.5 Å². The smallest absolute Gasteiger partial charge is 0.234 e. The highest BCUT2D eigenvalue weighted by Gasteiger charge is 2.39. The number of likely N-dealkylation sites (tertiary alicyclic amines) is 1. The molecule has 4 rings (SSSR count). The largest absolute Gasteiger partial charge is 0.331 e. The van der Waals surface area contributed by atoms with E-state index in [0.29, 0.717) is 19.0 Å². The Morgan fingerprint density at radius 3 is 2.61 bits per heavy atom. The third-order valence-corrected chi connectivity index (χ3v) is 7.25. The molecule has 2 amide bonds. The molecule has 2 heterocycles. The first-order chi connectivity index (χ1) is 15.9. The summed E-state index contributed by atoms with van der Waals surface area (Å²) in [7, 11) is 0. The van der Waals surface area contributed by atoms with Crippen LogP contribution < -0.4 is 16.0 Å². The number of benzene rings is 2. The van der Waals surface area contributed by atoms with Crippen molar-refractivity contribution in [3.63, 3.8) is 0 Å².